The van der Waals surface area contributed by atoms with Crippen LogP contribution in [0.1, 0.15) is 22.8 Å². The van der Waals surface area contributed by atoms with Gasteiger partial charge in [0.05, 0.1) is 22.2 Å². The number of carbonyl (C=O) groups is 2. The maximum absolute atomic E-state index is 13.0. The lowest BCUT2D eigenvalue weighted by Crippen LogP contribution is -2.30. The summed E-state index contributed by atoms with van der Waals surface area (Å²) in [5.74, 6) is -1.96. The molecule has 0 saturated heterocycles. The van der Waals surface area contributed by atoms with Crippen molar-refractivity contribution in [1.29, 1.82) is 5.26 Å². The van der Waals surface area contributed by atoms with Crippen molar-refractivity contribution in [2.24, 2.45) is 0 Å². The van der Waals surface area contributed by atoms with Gasteiger partial charge in [-0.3, -0.25) is 4.79 Å². The lowest BCUT2D eigenvalue weighted by atomic mass is 10.2. The van der Waals surface area contributed by atoms with Crippen molar-refractivity contribution in [2.45, 2.75) is 13.0 Å². The Labute approximate surface area is 142 Å². The molecular weight excluding hydrogens is 335 g/mol. The number of hydrogen-bond acceptors (Lipinski definition) is 4. The lowest BCUT2D eigenvalue weighted by Gasteiger charge is -2.14. The number of benzene rings is 2. The first-order valence-electron chi connectivity index (χ1n) is 6.88. The second-order valence-electron chi connectivity index (χ2n) is 4.85. The zero-order chi connectivity index (χ0) is 17.7. The summed E-state index contributed by atoms with van der Waals surface area (Å²) in [6.45, 7) is 1.40. The normalized spacial score (nSPS) is 11.2. The monoisotopic (exact) mass is 346 g/mol. The number of carbonyl (C=O) groups excluding carboxylic acids is 2. The van der Waals surface area contributed by atoms with E-state index in [1.165, 1.54) is 13.0 Å². The molecule has 0 aliphatic heterocycles. The zero-order valence-corrected chi connectivity index (χ0v) is 13.3. The van der Waals surface area contributed by atoms with Gasteiger partial charge in [0, 0.05) is 5.69 Å². The molecule has 2 rings (SSSR count). The van der Waals surface area contributed by atoms with E-state index >= 15 is 0 Å². The molecule has 0 aliphatic carbocycles. The Morgan fingerprint density at radius 2 is 1.92 bits per heavy atom. The van der Waals surface area contributed by atoms with Crippen molar-refractivity contribution in [1.82, 2.24) is 0 Å². The van der Waals surface area contributed by atoms with E-state index in [1.54, 1.807) is 24.3 Å². The summed E-state index contributed by atoms with van der Waals surface area (Å²) in [5.41, 5.74) is 0.885. The first kappa shape index (κ1) is 17.4. The van der Waals surface area contributed by atoms with Gasteiger partial charge in [-0.2, -0.15) is 5.26 Å². The van der Waals surface area contributed by atoms with Gasteiger partial charge in [0.25, 0.3) is 5.91 Å². The summed E-state index contributed by atoms with van der Waals surface area (Å²) in [4.78, 5) is 24.0. The fraction of sp³-hybridized carbons (Fsp3) is 0.118. The summed E-state index contributed by atoms with van der Waals surface area (Å²) in [5, 5.41) is 11.2. The third kappa shape index (κ3) is 4.31. The highest BCUT2D eigenvalue weighted by molar-refractivity contribution is 6.33. The van der Waals surface area contributed by atoms with Crippen LogP contribution in [0.3, 0.4) is 0 Å². The molecule has 1 amide bonds. The molecule has 2 aromatic carbocycles. The van der Waals surface area contributed by atoms with E-state index in [0.717, 1.165) is 12.1 Å². The van der Waals surface area contributed by atoms with Crippen molar-refractivity contribution in [3.63, 3.8) is 0 Å². The van der Waals surface area contributed by atoms with Crippen LogP contribution in [0.4, 0.5) is 10.1 Å². The Morgan fingerprint density at radius 3 is 2.50 bits per heavy atom. The van der Waals surface area contributed by atoms with Crippen LogP contribution in [0, 0.1) is 17.1 Å². The number of nitrogens with one attached hydrogen (secondary N) is 1. The summed E-state index contributed by atoms with van der Waals surface area (Å²) in [7, 11) is 0. The SMILES string of the molecule is C[C@@H](OC(=O)c1ccc(F)cc1Cl)C(=O)Nc1ccc(C#N)cc1. The van der Waals surface area contributed by atoms with Crippen LogP contribution in [-0.4, -0.2) is 18.0 Å². The first-order valence-corrected chi connectivity index (χ1v) is 7.25. The molecule has 122 valence electrons. The van der Waals surface area contributed by atoms with Gasteiger partial charge in [0.2, 0.25) is 0 Å². The van der Waals surface area contributed by atoms with E-state index in [2.05, 4.69) is 5.32 Å². The van der Waals surface area contributed by atoms with Gasteiger partial charge in [0.15, 0.2) is 6.10 Å². The number of rotatable bonds is 4. The number of amides is 1. The van der Waals surface area contributed by atoms with E-state index in [-0.39, 0.29) is 10.6 Å². The molecule has 0 aromatic heterocycles. The number of hydrogen-bond donors (Lipinski definition) is 1. The quantitative estimate of drug-likeness (QED) is 0.859. The van der Waals surface area contributed by atoms with Crippen LogP contribution in [0.5, 0.6) is 0 Å². The molecule has 1 atom stereocenters. The summed E-state index contributed by atoms with van der Waals surface area (Å²) >= 11 is 5.78. The Bertz CT molecular complexity index is 816. The number of halogens is 2. The second-order valence-corrected chi connectivity index (χ2v) is 5.26. The van der Waals surface area contributed by atoms with Gasteiger partial charge in [-0.15, -0.1) is 0 Å². The van der Waals surface area contributed by atoms with Gasteiger partial charge in [0.1, 0.15) is 5.82 Å². The van der Waals surface area contributed by atoms with E-state index in [1.807, 2.05) is 6.07 Å². The van der Waals surface area contributed by atoms with Crippen molar-refractivity contribution < 1.29 is 18.7 Å². The third-order valence-corrected chi connectivity index (χ3v) is 3.40. The van der Waals surface area contributed by atoms with E-state index in [4.69, 9.17) is 21.6 Å². The van der Waals surface area contributed by atoms with Crippen LogP contribution in [0.2, 0.25) is 5.02 Å². The van der Waals surface area contributed by atoms with Crippen molar-refractivity contribution >= 4 is 29.2 Å². The summed E-state index contributed by atoms with van der Waals surface area (Å²) < 4.78 is 18.0. The molecule has 0 heterocycles. The van der Waals surface area contributed by atoms with Crippen molar-refractivity contribution in [2.75, 3.05) is 5.32 Å². The fourth-order valence-corrected chi connectivity index (χ4v) is 2.05. The van der Waals surface area contributed by atoms with Gasteiger partial charge in [-0.25, -0.2) is 9.18 Å². The standard InChI is InChI=1S/C17H12ClFN2O3/c1-10(16(22)21-13-5-2-11(9-20)3-6-13)24-17(23)14-7-4-12(19)8-15(14)18/h2-8,10H,1H3,(H,21,22)/t10-/m1/s1. The van der Waals surface area contributed by atoms with Crippen molar-refractivity contribution in [3.8, 4) is 6.07 Å². The van der Waals surface area contributed by atoms with Crippen LogP contribution < -0.4 is 5.32 Å². The van der Waals surface area contributed by atoms with Crippen LogP contribution in [-0.2, 0) is 9.53 Å². The minimum Gasteiger partial charge on any atom is -0.449 e. The minimum atomic E-state index is -1.09. The molecule has 0 unspecified atom stereocenters. The largest absolute Gasteiger partial charge is 0.449 e. The number of ether oxygens (including phenoxy) is 1. The van der Waals surface area contributed by atoms with Gasteiger partial charge in [-0.1, -0.05) is 11.6 Å². The molecule has 1 N–H and O–H groups in total. The van der Waals surface area contributed by atoms with E-state index in [9.17, 15) is 14.0 Å². The molecule has 0 aliphatic rings. The molecule has 0 radical (unpaired) electrons. The predicted octanol–water partition coefficient (Wildman–Crippen LogP) is 3.53. The molecule has 2 aromatic rings. The van der Waals surface area contributed by atoms with Crippen LogP contribution in [0.25, 0.3) is 0 Å². The summed E-state index contributed by atoms with van der Waals surface area (Å²) in [6, 6.07) is 11.4. The maximum atomic E-state index is 13.0. The molecule has 0 fully saturated rings. The average molecular weight is 347 g/mol. The zero-order valence-electron chi connectivity index (χ0n) is 12.5. The summed E-state index contributed by atoms with van der Waals surface area (Å²) in [6.07, 6.45) is -1.09. The maximum Gasteiger partial charge on any atom is 0.340 e. The van der Waals surface area contributed by atoms with Crippen molar-refractivity contribution in [3.05, 3.63) is 64.4 Å². The minimum absolute atomic E-state index is 0.0314. The Kier molecular flexibility index (Phi) is 5.51. The molecule has 24 heavy (non-hydrogen) atoms. The highest BCUT2D eigenvalue weighted by Crippen LogP contribution is 2.19. The molecule has 0 saturated carbocycles. The molecule has 0 spiro atoms. The molecular formula is C17H12ClFN2O3. The Hall–Kier alpha value is -2.91. The number of esters is 1. The van der Waals surface area contributed by atoms with Gasteiger partial charge in [-0.05, 0) is 49.4 Å². The number of nitrogens with zero attached hydrogens (tertiary/aromatic N) is 1. The number of nitriles is 1. The molecule has 0 bridgehead atoms. The highest BCUT2D eigenvalue weighted by atomic mass is 35.5. The second kappa shape index (κ2) is 7.57. The first-order chi connectivity index (χ1) is 11.4. The third-order valence-electron chi connectivity index (χ3n) is 3.09. The topological polar surface area (TPSA) is 79.2 Å². The van der Waals surface area contributed by atoms with Crippen LogP contribution in [0.15, 0.2) is 42.5 Å². The average Bonchev–Trinajstić information content (AvgIpc) is 2.55. The van der Waals surface area contributed by atoms with E-state index < -0.39 is 23.8 Å². The molecule has 5 nitrogen and oxygen atoms in total. The molecule has 7 heteroatoms. The fourth-order valence-electron chi connectivity index (χ4n) is 1.80. The van der Waals surface area contributed by atoms with Gasteiger partial charge < -0.3 is 10.1 Å². The Morgan fingerprint density at radius 1 is 1.25 bits per heavy atom. The lowest BCUT2D eigenvalue weighted by molar-refractivity contribution is -0.123. The Balaban J connectivity index is 2.00. The van der Waals surface area contributed by atoms with Gasteiger partial charge >= 0.3 is 5.97 Å². The van der Waals surface area contributed by atoms with Crippen LogP contribution >= 0.6 is 11.6 Å². The van der Waals surface area contributed by atoms with E-state index in [0.29, 0.717) is 11.3 Å². The predicted molar refractivity (Wildman–Crippen MR) is 86.1 cm³/mol. The highest BCUT2D eigenvalue weighted by Gasteiger charge is 2.21. The number of anilines is 1. The smallest absolute Gasteiger partial charge is 0.340 e.